The summed E-state index contributed by atoms with van der Waals surface area (Å²) in [6, 6.07) is 11.3. The Hall–Kier alpha value is -2.66. The van der Waals surface area contributed by atoms with Gasteiger partial charge in [0, 0.05) is 83.9 Å². The van der Waals surface area contributed by atoms with E-state index in [-0.39, 0.29) is 11.2 Å². The molecule has 1 saturated carbocycles. The third-order valence-electron chi connectivity index (χ3n) is 10.0. The molecule has 2 bridgehead atoms. The van der Waals surface area contributed by atoms with Crippen LogP contribution >= 0.6 is 15.9 Å². The predicted octanol–water partition coefficient (Wildman–Crippen LogP) is 4.09. The maximum absolute atomic E-state index is 10.6. The van der Waals surface area contributed by atoms with Crippen molar-refractivity contribution in [3.05, 3.63) is 46.1 Å². The molecule has 222 valence electrons. The average molecular weight is 636 g/mol. The fourth-order valence-electron chi connectivity index (χ4n) is 7.43. The van der Waals surface area contributed by atoms with Gasteiger partial charge in [0.15, 0.2) is 0 Å². The number of hydrogen-bond donors (Lipinski definition) is 2. The number of piperazine rings is 1. The van der Waals surface area contributed by atoms with Gasteiger partial charge >= 0.3 is 6.01 Å². The van der Waals surface area contributed by atoms with E-state index in [2.05, 4.69) is 48.1 Å². The maximum Gasteiger partial charge on any atom is 0.318 e. The molecular weight excluding hydrogens is 596 g/mol. The zero-order valence-corrected chi connectivity index (χ0v) is 25.6. The van der Waals surface area contributed by atoms with Crippen molar-refractivity contribution in [3.63, 3.8) is 0 Å². The molecule has 3 aromatic rings. The number of halogens is 1. The molecule has 6 aliphatic rings. The smallest absolute Gasteiger partial charge is 0.318 e. The summed E-state index contributed by atoms with van der Waals surface area (Å²) in [5.74, 6) is 1.35. The largest absolute Gasteiger partial charge is 0.508 e. The second-order valence-corrected chi connectivity index (χ2v) is 13.7. The number of piperidine rings is 2. The molecule has 0 radical (unpaired) electrons. The molecule has 42 heavy (non-hydrogen) atoms. The van der Waals surface area contributed by atoms with Gasteiger partial charge in [0.05, 0.1) is 32.1 Å². The second-order valence-electron chi connectivity index (χ2n) is 12.9. The number of benzene rings is 2. The van der Waals surface area contributed by atoms with E-state index in [1.807, 2.05) is 18.2 Å². The monoisotopic (exact) mass is 634 g/mol. The van der Waals surface area contributed by atoms with Crippen molar-refractivity contribution >= 4 is 38.2 Å². The van der Waals surface area contributed by atoms with Crippen LogP contribution in [0, 0.1) is 5.41 Å². The molecule has 5 fully saturated rings. The van der Waals surface area contributed by atoms with E-state index in [0.717, 1.165) is 91.3 Å². The van der Waals surface area contributed by atoms with Crippen molar-refractivity contribution in [2.75, 3.05) is 68.9 Å². The van der Waals surface area contributed by atoms with E-state index in [1.165, 1.54) is 31.2 Å². The number of phenols is 1. The Morgan fingerprint density at radius 1 is 1.12 bits per heavy atom. The summed E-state index contributed by atoms with van der Waals surface area (Å²) in [7, 11) is 0. The van der Waals surface area contributed by atoms with E-state index in [1.54, 1.807) is 0 Å². The van der Waals surface area contributed by atoms with E-state index in [9.17, 15) is 5.11 Å². The first kappa shape index (κ1) is 26.9. The summed E-state index contributed by atoms with van der Waals surface area (Å²) in [6.07, 6.45) is 5.67. The highest BCUT2D eigenvalue weighted by Gasteiger charge is 2.45. The van der Waals surface area contributed by atoms with Gasteiger partial charge in [-0.15, -0.1) is 0 Å². The zero-order valence-electron chi connectivity index (χ0n) is 24.0. The van der Waals surface area contributed by atoms with Gasteiger partial charge in [-0.25, -0.2) is 0 Å². The number of morpholine rings is 1. The Morgan fingerprint density at radius 3 is 2.76 bits per heavy atom. The number of aromatic hydroxyl groups is 1. The summed E-state index contributed by atoms with van der Waals surface area (Å²) in [6.45, 7) is 8.86. The number of hydrogen-bond acceptors (Lipinski definition) is 9. The van der Waals surface area contributed by atoms with Crippen LogP contribution in [-0.2, 0) is 17.7 Å². The Labute approximate surface area is 255 Å². The van der Waals surface area contributed by atoms with Gasteiger partial charge in [0.25, 0.3) is 0 Å². The Kier molecular flexibility index (Phi) is 6.93. The molecule has 2 N–H and O–H groups in total. The SMILES string of the molecule is Oc1cc(N2CCc3c(nc(OCC4(CN5CCOCC5)CC4)nc3N3C[C@@H]4CC[C@H]3CN4)C2)c2c(Br)cccc2c1. The number of fused-ring (bicyclic) bond motifs is 5. The standard InChI is InChI=1S/C32H39BrN6O3/c33-26-3-1-2-21-14-24(40)15-28(29(21)26)38-9-6-25-27(18-38)35-31(36-30(25)39-17-22-4-5-23(39)16-34-22)42-20-32(7-8-32)19-37-10-12-41-13-11-37/h1-3,14-15,22-23,34,40H,4-13,16-20H2/t22-,23-/m0/s1. The third kappa shape index (κ3) is 5.10. The van der Waals surface area contributed by atoms with Crippen LogP contribution in [0.5, 0.6) is 11.8 Å². The lowest BCUT2D eigenvalue weighted by atomic mass is 9.92. The Balaban J connectivity index is 1.11. The fraction of sp³-hybridized carbons (Fsp3) is 0.562. The second kappa shape index (κ2) is 10.8. The highest BCUT2D eigenvalue weighted by molar-refractivity contribution is 9.10. The van der Waals surface area contributed by atoms with Crippen LogP contribution in [0.2, 0.25) is 0 Å². The van der Waals surface area contributed by atoms with Crippen LogP contribution in [0.4, 0.5) is 11.5 Å². The molecule has 6 heterocycles. The van der Waals surface area contributed by atoms with Gasteiger partial charge in [-0.05, 0) is 49.6 Å². The molecular formula is C32H39BrN6O3. The highest BCUT2D eigenvalue weighted by Crippen LogP contribution is 2.47. The average Bonchev–Trinajstić information content (AvgIpc) is 3.79. The fourth-order valence-corrected chi connectivity index (χ4v) is 8.02. The molecule has 0 amide bonds. The van der Waals surface area contributed by atoms with E-state index < -0.39 is 0 Å². The molecule has 0 spiro atoms. The molecule has 5 aliphatic heterocycles. The summed E-state index contributed by atoms with van der Waals surface area (Å²) in [5.41, 5.74) is 3.51. The molecule has 2 aromatic carbocycles. The van der Waals surface area contributed by atoms with E-state index in [0.29, 0.717) is 31.2 Å². The molecule has 1 aliphatic carbocycles. The Morgan fingerprint density at radius 2 is 2.00 bits per heavy atom. The quantitative estimate of drug-likeness (QED) is 0.399. The molecule has 9 rings (SSSR count). The number of phenolic OH excluding ortho intramolecular Hbond substituents is 1. The summed E-state index contributed by atoms with van der Waals surface area (Å²) >= 11 is 3.77. The minimum atomic E-state index is 0.198. The third-order valence-corrected chi connectivity index (χ3v) is 10.7. The molecule has 0 unspecified atom stereocenters. The van der Waals surface area contributed by atoms with Gasteiger partial charge in [-0.1, -0.05) is 28.1 Å². The number of nitrogens with one attached hydrogen (secondary N) is 1. The Bertz CT molecular complexity index is 1480. The lowest BCUT2D eigenvalue weighted by Crippen LogP contribution is -2.61. The summed E-state index contributed by atoms with van der Waals surface area (Å²) in [4.78, 5) is 17.6. The minimum Gasteiger partial charge on any atom is -0.508 e. The summed E-state index contributed by atoms with van der Waals surface area (Å²) in [5, 5.41) is 16.4. The van der Waals surface area contributed by atoms with Crippen molar-refractivity contribution in [2.45, 2.75) is 50.7 Å². The number of aromatic nitrogens is 2. The first-order chi connectivity index (χ1) is 20.5. The molecule has 10 heteroatoms. The molecule has 1 aromatic heterocycles. The van der Waals surface area contributed by atoms with Gasteiger partial charge < -0.3 is 29.7 Å². The highest BCUT2D eigenvalue weighted by atomic mass is 79.9. The maximum atomic E-state index is 10.6. The lowest BCUT2D eigenvalue weighted by molar-refractivity contribution is 0.0231. The van der Waals surface area contributed by atoms with Crippen molar-refractivity contribution < 1.29 is 14.6 Å². The van der Waals surface area contributed by atoms with Crippen LogP contribution in [0.15, 0.2) is 34.8 Å². The van der Waals surface area contributed by atoms with Crippen molar-refractivity contribution in [3.8, 4) is 11.8 Å². The topological polar surface area (TPSA) is 86.2 Å². The molecule has 9 nitrogen and oxygen atoms in total. The van der Waals surface area contributed by atoms with E-state index in [4.69, 9.17) is 19.4 Å². The molecule has 4 saturated heterocycles. The lowest BCUT2D eigenvalue weighted by Gasteiger charge is -2.47. The molecule has 2 atom stereocenters. The van der Waals surface area contributed by atoms with Crippen LogP contribution in [-0.4, -0.2) is 91.1 Å². The number of rotatable bonds is 7. The van der Waals surface area contributed by atoms with Crippen LogP contribution in [0.3, 0.4) is 0 Å². The number of anilines is 2. The van der Waals surface area contributed by atoms with Gasteiger partial charge in [-0.3, -0.25) is 4.90 Å². The zero-order chi connectivity index (χ0) is 28.3. The van der Waals surface area contributed by atoms with E-state index >= 15 is 0 Å². The van der Waals surface area contributed by atoms with Gasteiger partial charge in [-0.2, -0.15) is 9.97 Å². The minimum absolute atomic E-state index is 0.198. The van der Waals surface area contributed by atoms with Crippen LogP contribution in [0.25, 0.3) is 10.8 Å². The van der Waals surface area contributed by atoms with Crippen molar-refractivity contribution in [2.24, 2.45) is 5.41 Å². The van der Waals surface area contributed by atoms with Gasteiger partial charge in [0.2, 0.25) is 0 Å². The summed E-state index contributed by atoms with van der Waals surface area (Å²) < 4.78 is 13.1. The number of ether oxygens (including phenoxy) is 2. The predicted molar refractivity (Wildman–Crippen MR) is 167 cm³/mol. The first-order valence-corrected chi connectivity index (χ1v) is 16.3. The normalized spacial score (nSPS) is 25.1. The van der Waals surface area contributed by atoms with Crippen molar-refractivity contribution in [1.82, 2.24) is 20.2 Å². The van der Waals surface area contributed by atoms with Crippen LogP contribution in [0.1, 0.15) is 36.9 Å². The first-order valence-electron chi connectivity index (χ1n) is 15.5. The van der Waals surface area contributed by atoms with Gasteiger partial charge in [0.1, 0.15) is 11.6 Å². The van der Waals surface area contributed by atoms with Crippen LogP contribution < -0.4 is 19.9 Å². The van der Waals surface area contributed by atoms with Crippen molar-refractivity contribution in [1.29, 1.82) is 0 Å². The number of nitrogens with zero attached hydrogens (tertiary/aromatic N) is 5.